The molecule has 164 valence electrons. The number of pyridine rings is 1. The number of carbonyl (C=O) groups excluding carboxylic acids is 1. The average Bonchev–Trinajstić information content (AvgIpc) is 3.44. The van der Waals surface area contributed by atoms with Gasteiger partial charge in [-0.25, -0.2) is 4.98 Å². The second-order valence-corrected chi connectivity index (χ2v) is 8.00. The molecule has 2 aromatic heterocycles. The Kier molecular flexibility index (Phi) is 6.19. The number of carbonyl (C=O) groups is 1. The molecule has 1 saturated heterocycles. The summed E-state index contributed by atoms with van der Waals surface area (Å²) in [6.07, 6.45) is 5.35. The fraction of sp³-hybridized carbons (Fsp3) is 0.333. The van der Waals surface area contributed by atoms with E-state index in [0.717, 1.165) is 25.1 Å². The molecule has 1 aliphatic heterocycles. The highest BCUT2D eigenvalue weighted by Crippen LogP contribution is 2.30. The third kappa shape index (κ3) is 4.20. The minimum Gasteiger partial charge on any atom is -0.493 e. The SMILES string of the molecule is CCN1CCCC1CN(C)C(=O)c1ccc(-n2ncc(-c3ccc(C#N)cc3)c2O)nc1. The van der Waals surface area contributed by atoms with Gasteiger partial charge in [0, 0.05) is 25.8 Å². The first-order chi connectivity index (χ1) is 15.5. The predicted molar refractivity (Wildman–Crippen MR) is 120 cm³/mol. The summed E-state index contributed by atoms with van der Waals surface area (Å²) in [6.45, 7) is 4.95. The van der Waals surface area contributed by atoms with Crippen molar-refractivity contribution in [2.45, 2.75) is 25.8 Å². The lowest BCUT2D eigenvalue weighted by Crippen LogP contribution is -2.41. The standard InChI is InChI=1S/C24H26N6O2/c1-3-29-12-4-5-20(29)16-28(2)23(31)19-10-11-22(26-14-19)30-24(32)21(15-27-30)18-8-6-17(13-25)7-9-18/h6-11,14-15,20,32H,3-5,12,16H2,1-2H3. The first-order valence-corrected chi connectivity index (χ1v) is 10.7. The molecule has 3 heterocycles. The fourth-order valence-corrected chi connectivity index (χ4v) is 4.21. The molecule has 1 fully saturated rings. The number of hydrogen-bond acceptors (Lipinski definition) is 6. The maximum Gasteiger partial charge on any atom is 0.255 e. The van der Waals surface area contributed by atoms with E-state index in [1.807, 2.05) is 7.05 Å². The van der Waals surface area contributed by atoms with Crippen molar-refractivity contribution in [1.82, 2.24) is 24.6 Å². The van der Waals surface area contributed by atoms with Gasteiger partial charge < -0.3 is 10.0 Å². The Morgan fingerprint density at radius 3 is 2.69 bits per heavy atom. The van der Waals surface area contributed by atoms with Crippen LogP contribution in [-0.4, -0.2) is 68.3 Å². The molecule has 8 heteroatoms. The third-order valence-electron chi connectivity index (χ3n) is 6.02. The number of benzene rings is 1. The van der Waals surface area contributed by atoms with Crippen LogP contribution < -0.4 is 0 Å². The zero-order valence-electron chi connectivity index (χ0n) is 18.3. The number of likely N-dealkylation sites (tertiary alicyclic amines) is 1. The number of nitrogens with zero attached hydrogens (tertiary/aromatic N) is 6. The van der Waals surface area contributed by atoms with Gasteiger partial charge in [-0.3, -0.25) is 9.69 Å². The quantitative estimate of drug-likeness (QED) is 0.645. The van der Waals surface area contributed by atoms with Crippen molar-refractivity contribution in [2.24, 2.45) is 0 Å². The van der Waals surface area contributed by atoms with E-state index in [2.05, 4.69) is 28.0 Å². The second-order valence-electron chi connectivity index (χ2n) is 8.00. The largest absolute Gasteiger partial charge is 0.493 e. The van der Waals surface area contributed by atoms with Crippen molar-refractivity contribution in [3.8, 4) is 28.9 Å². The fourth-order valence-electron chi connectivity index (χ4n) is 4.21. The number of likely N-dealkylation sites (N-methyl/N-ethyl adjacent to an activating group) is 2. The average molecular weight is 431 g/mol. The number of hydrogen-bond donors (Lipinski definition) is 1. The Morgan fingerprint density at radius 2 is 2.03 bits per heavy atom. The third-order valence-corrected chi connectivity index (χ3v) is 6.02. The number of amides is 1. The molecule has 0 radical (unpaired) electrons. The maximum atomic E-state index is 12.9. The topological polar surface area (TPSA) is 98.3 Å². The van der Waals surface area contributed by atoms with Crippen LogP contribution in [0.25, 0.3) is 16.9 Å². The molecule has 0 spiro atoms. The summed E-state index contributed by atoms with van der Waals surface area (Å²) in [5.41, 5.74) is 2.32. The van der Waals surface area contributed by atoms with Crippen molar-refractivity contribution in [1.29, 1.82) is 5.26 Å². The van der Waals surface area contributed by atoms with E-state index >= 15 is 0 Å². The van der Waals surface area contributed by atoms with E-state index in [-0.39, 0.29) is 11.8 Å². The van der Waals surface area contributed by atoms with Crippen LogP contribution in [0, 0.1) is 11.3 Å². The monoisotopic (exact) mass is 430 g/mol. The summed E-state index contributed by atoms with van der Waals surface area (Å²) in [5.74, 6) is 0.281. The lowest BCUT2D eigenvalue weighted by molar-refractivity contribution is 0.0754. The summed E-state index contributed by atoms with van der Waals surface area (Å²) in [4.78, 5) is 21.4. The van der Waals surface area contributed by atoms with Gasteiger partial charge in [-0.2, -0.15) is 15.0 Å². The highest BCUT2D eigenvalue weighted by atomic mass is 16.3. The van der Waals surface area contributed by atoms with Gasteiger partial charge in [0.1, 0.15) is 0 Å². The van der Waals surface area contributed by atoms with Gasteiger partial charge in [-0.1, -0.05) is 19.1 Å². The number of aromatic nitrogens is 3. The molecule has 1 atom stereocenters. The van der Waals surface area contributed by atoms with Crippen LogP contribution in [0.5, 0.6) is 5.88 Å². The van der Waals surface area contributed by atoms with E-state index in [0.29, 0.717) is 35.1 Å². The minimum atomic E-state index is -0.0741. The predicted octanol–water partition coefficient (Wildman–Crippen LogP) is 3.07. The molecular weight excluding hydrogens is 404 g/mol. The smallest absolute Gasteiger partial charge is 0.255 e. The van der Waals surface area contributed by atoms with Crippen LogP contribution in [-0.2, 0) is 0 Å². The van der Waals surface area contributed by atoms with Crippen molar-refractivity contribution in [3.05, 3.63) is 59.9 Å². The van der Waals surface area contributed by atoms with Gasteiger partial charge in [-0.05, 0) is 55.8 Å². The van der Waals surface area contributed by atoms with E-state index < -0.39 is 0 Å². The maximum absolute atomic E-state index is 12.9. The van der Waals surface area contributed by atoms with Crippen LogP contribution >= 0.6 is 0 Å². The first-order valence-electron chi connectivity index (χ1n) is 10.7. The minimum absolute atomic E-state index is 0.0562. The van der Waals surface area contributed by atoms with Crippen LogP contribution in [0.3, 0.4) is 0 Å². The highest BCUT2D eigenvalue weighted by Gasteiger charge is 2.26. The van der Waals surface area contributed by atoms with E-state index in [9.17, 15) is 9.90 Å². The van der Waals surface area contributed by atoms with Gasteiger partial charge in [0.2, 0.25) is 5.88 Å². The second kappa shape index (κ2) is 9.20. The van der Waals surface area contributed by atoms with Crippen LogP contribution in [0.1, 0.15) is 35.7 Å². The summed E-state index contributed by atoms with van der Waals surface area (Å²) < 4.78 is 1.32. The molecule has 32 heavy (non-hydrogen) atoms. The molecule has 0 bridgehead atoms. The number of rotatable bonds is 6. The van der Waals surface area contributed by atoms with Gasteiger partial charge in [0.05, 0.1) is 29.0 Å². The van der Waals surface area contributed by atoms with Gasteiger partial charge in [-0.15, -0.1) is 0 Å². The molecule has 4 rings (SSSR count). The molecule has 0 aliphatic carbocycles. The van der Waals surface area contributed by atoms with Crippen LogP contribution in [0.4, 0.5) is 0 Å². The molecule has 1 amide bonds. The van der Waals surface area contributed by atoms with Crippen LogP contribution in [0.2, 0.25) is 0 Å². The van der Waals surface area contributed by atoms with E-state index in [1.165, 1.54) is 17.3 Å². The Hall–Kier alpha value is -3.70. The number of aromatic hydroxyl groups is 1. The van der Waals surface area contributed by atoms with Gasteiger partial charge in [0.15, 0.2) is 5.82 Å². The Morgan fingerprint density at radius 1 is 1.25 bits per heavy atom. The van der Waals surface area contributed by atoms with E-state index in [4.69, 9.17) is 5.26 Å². The molecular formula is C24H26N6O2. The summed E-state index contributed by atoms with van der Waals surface area (Å²) in [5, 5.41) is 23.8. The lowest BCUT2D eigenvalue weighted by Gasteiger charge is -2.27. The molecule has 0 saturated carbocycles. The van der Waals surface area contributed by atoms with E-state index in [1.54, 1.807) is 47.5 Å². The Bertz CT molecular complexity index is 1130. The van der Waals surface area contributed by atoms with Gasteiger partial charge in [0.25, 0.3) is 5.91 Å². The summed E-state index contributed by atoms with van der Waals surface area (Å²) in [7, 11) is 1.82. The zero-order chi connectivity index (χ0) is 22.7. The summed E-state index contributed by atoms with van der Waals surface area (Å²) in [6, 6.07) is 12.7. The molecule has 8 nitrogen and oxygen atoms in total. The molecule has 3 aromatic rings. The first kappa shape index (κ1) is 21.5. The Balaban J connectivity index is 1.48. The Labute approximate surface area is 187 Å². The van der Waals surface area contributed by atoms with Crippen molar-refractivity contribution in [2.75, 3.05) is 26.7 Å². The molecule has 1 aliphatic rings. The zero-order valence-corrected chi connectivity index (χ0v) is 18.3. The summed E-state index contributed by atoms with van der Waals surface area (Å²) >= 11 is 0. The van der Waals surface area contributed by atoms with Crippen LogP contribution in [0.15, 0.2) is 48.8 Å². The highest BCUT2D eigenvalue weighted by molar-refractivity contribution is 5.93. The molecule has 1 aromatic carbocycles. The lowest BCUT2D eigenvalue weighted by atomic mass is 10.1. The van der Waals surface area contributed by atoms with Crippen molar-refractivity contribution in [3.63, 3.8) is 0 Å². The number of nitriles is 1. The van der Waals surface area contributed by atoms with Crippen molar-refractivity contribution >= 4 is 5.91 Å². The van der Waals surface area contributed by atoms with Gasteiger partial charge >= 0.3 is 0 Å². The molecule has 1 unspecified atom stereocenters. The molecule has 1 N–H and O–H groups in total. The normalized spacial score (nSPS) is 16.1. The van der Waals surface area contributed by atoms with Crippen molar-refractivity contribution < 1.29 is 9.90 Å².